The van der Waals surface area contributed by atoms with Crippen molar-refractivity contribution in [3.05, 3.63) is 89.0 Å². The predicted molar refractivity (Wildman–Crippen MR) is 188 cm³/mol. The molecule has 2 aromatic carbocycles. The van der Waals surface area contributed by atoms with E-state index in [0.717, 1.165) is 5.56 Å². The van der Waals surface area contributed by atoms with Crippen LogP contribution >= 0.6 is 11.6 Å². The number of amides is 3. The Balaban J connectivity index is 0.000000531. The van der Waals surface area contributed by atoms with Gasteiger partial charge in [0, 0.05) is 23.4 Å². The topological polar surface area (TPSA) is 202 Å². The lowest BCUT2D eigenvalue weighted by molar-refractivity contribution is -0.193. The number of alkyl halides is 6. The molecular formula is C35H32ClF7N6O8. The Kier molecular flexibility index (Phi) is 15.1. The van der Waals surface area contributed by atoms with E-state index in [1.54, 1.807) is 49.5 Å². The number of fused-ring (bicyclic) bond motifs is 4. The van der Waals surface area contributed by atoms with Crippen LogP contribution in [-0.4, -0.2) is 74.1 Å². The summed E-state index contributed by atoms with van der Waals surface area (Å²) in [5.74, 6) is -7.05. The van der Waals surface area contributed by atoms with E-state index in [0.29, 0.717) is 47.6 Å². The molecule has 3 heterocycles. The average molecular weight is 833 g/mol. The summed E-state index contributed by atoms with van der Waals surface area (Å²) < 4.78 is 84.4. The summed E-state index contributed by atoms with van der Waals surface area (Å²) in [5, 5.41) is 22.9. The molecule has 0 spiro atoms. The van der Waals surface area contributed by atoms with Crippen molar-refractivity contribution in [3.8, 4) is 16.8 Å². The van der Waals surface area contributed by atoms with E-state index in [4.69, 9.17) is 36.1 Å². The van der Waals surface area contributed by atoms with Gasteiger partial charge in [-0.3, -0.25) is 24.5 Å². The second-order valence-corrected chi connectivity index (χ2v) is 12.3. The van der Waals surface area contributed by atoms with Crippen molar-refractivity contribution in [1.29, 1.82) is 0 Å². The van der Waals surface area contributed by atoms with Crippen LogP contribution in [0, 0.1) is 18.7 Å². The maximum Gasteiger partial charge on any atom is 0.490 e. The smallest absolute Gasteiger partial charge is 0.475 e. The second kappa shape index (κ2) is 19.1. The third-order valence-electron chi connectivity index (χ3n) is 7.94. The first kappa shape index (κ1) is 45.1. The third-order valence-corrected chi connectivity index (χ3v) is 8.23. The van der Waals surface area contributed by atoms with Crippen LogP contribution in [0.25, 0.3) is 16.8 Å². The number of hydrogen-bond donors (Lipinski definition) is 5. The number of pyridine rings is 1. The van der Waals surface area contributed by atoms with Gasteiger partial charge in [-0.25, -0.2) is 23.8 Å². The fourth-order valence-electron chi connectivity index (χ4n) is 5.04. The van der Waals surface area contributed by atoms with E-state index < -0.39 is 48.2 Å². The number of aliphatic carboxylic acids is 2. The van der Waals surface area contributed by atoms with Crippen molar-refractivity contribution in [2.24, 2.45) is 5.92 Å². The minimum atomic E-state index is -5.08. The minimum Gasteiger partial charge on any atom is -0.475 e. The number of carboxylic acid groups (broad SMARTS) is 2. The number of carbonyl (C=O) groups excluding carboxylic acids is 3. The summed E-state index contributed by atoms with van der Waals surface area (Å²) in [6.07, 6.45) is -6.04. The van der Waals surface area contributed by atoms with E-state index in [1.165, 1.54) is 24.1 Å². The highest BCUT2D eigenvalue weighted by atomic mass is 35.5. The van der Waals surface area contributed by atoms with Gasteiger partial charge < -0.3 is 25.6 Å². The summed E-state index contributed by atoms with van der Waals surface area (Å²) in [6.45, 7) is 3.52. The van der Waals surface area contributed by atoms with E-state index in [9.17, 15) is 45.1 Å². The first-order valence-corrected chi connectivity index (χ1v) is 16.6. The number of benzene rings is 2. The van der Waals surface area contributed by atoms with Crippen LogP contribution in [0.15, 0.2) is 61.1 Å². The number of carbonyl (C=O) groups is 5. The molecule has 2 atom stereocenters. The maximum absolute atomic E-state index is 14.7. The number of nitrogens with one attached hydrogen (secondary N) is 3. The molecule has 0 saturated heterocycles. The maximum atomic E-state index is 14.7. The number of carboxylic acids is 2. The lowest BCUT2D eigenvalue weighted by atomic mass is 9.95. The predicted octanol–water partition coefficient (Wildman–Crippen LogP) is 7.71. The zero-order valence-corrected chi connectivity index (χ0v) is 30.5. The lowest BCUT2D eigenvalue weighted by Crippen LogP contribution is -2.30. The molecular weight excluding hydrogens is 801 g/mol. The molecule has 5 rings (SSSR count). The quantitative estimate of drug-likeness (QED) is 0.127. The van der Waals surface area contributed by atoms with Crippen LogP contribution in [-0.2, 0) is 19.1 Å². The molecule has 0 saturated carbocycles. The number of ether oxygens (including phenoxy) is 1. The van der Waals surface area contributed by atoms with Gasteiger partial charge in [0.1, 0.15) is 12.0 Å². The highest BCUT2D eigenvalue weighted by Crippen LogP contribution is 2.34. The van der Waals surface area contributed by atoms with Crippen LogP contribution in [0.5, 0.6) is 0 Å². The van der Waals surface area contributed by atoms with Gasteiger partial charge in [0.05, 0.1) is 40.9 Å². The number of nitrogens with zero attached hydrogens (tertiary/aromatic N) is 3. The van der Waals surface area contributed by atoms with Gasteiger partial charge in [-0.05, 0) is 61.7 Å². The Morgan fingerprint density at radius 3 is 2.19 bits per heavy atom. The molecule has 57 heavy (non-hydrogen) atoms. The molecule has 3 amide bonds. The molecule has 5 N–H and O–H groups in total. The fourth-order valence-corrected chi connectivity index (χ4v) is 5.21. The normalized spacial score (nSPS) is 15.3. The molecule has 306 valence electrons. The van der Waals surface area contributed by atoms with Crippen molar-refractivity contribution in [3.63, 3.8) is 0 Å². The molecule has 0 unspecified atom stereocenters. The van der Waals surface area contributed by atoms with Gasteiger partial charge in [-0.15, -0.1) is 0 Å². The van der Waals surface area contributed by atoms with Gasteiger partial charge in [0.2, 0.25) is 5.91 Å². The van der Waals surface area contributed by atoms with Gasteiger partial charge in [0.25, 0.3) is 5.91 Å². The van der Waals surface area contributed by atoms with E-state index in [2.05, 4.69) is 25.9 Å². The molecule has 0 aliphatic carbocycles. The van der Waals surface area contributed by atoms with Crippen LogP contribution in [0.1, 0.15) is 54.1 Å². The van der Waals surface area contributed by atoms with Crippen LogP contribution in [0.2, 0.25) is 5.02 Å². The summed E-state index contributed by atoms with van der Waals surface area (Å²) in [5.41, 5.74) is 3.85. The zero-order chi connectivity index (χ0) is 42.8. The lowest BCUT2D eigenvalue weighted by Gasteiger charge is -2.22. The minimum absolute atomic E-state index is 0.0313. The molecule has 0 radical (unpaired) electrons. The molecule has 2 aromatic heterocycles. The highest BCUT2D eigenvalue weighted by molar-refractivity contribution is 6.30. The van der Waals surface area contributed by atoms with E-state index >= 15 is 0 Å². The number of hydrogen-bond acceptors (Lipinski definition) is 8. The Morgan fingerprint density at radius 2 is 1.60 bits per heavy atom. The second-order valence-electron chi connectivity index (χ2n) is 11.9. The highest BCUT2D eigenvalue weighted by Gasteiger charge is 2.39. The van der Waals surface area contributed by atoms with Crippen molar-refractivity contribution < 1.29 is 69.7 Å². The fraction of sp³-hybridized carbons (Fsp3) is 0.286. The zero-order valence-electron chi connectivity index (χ0n) is 29.8. The van der Waals surface area contributed by atoms with Gasteiger partial charge in [-0.1, -0.05) is 37.1 Å². The molecule has 1 aliphatic rings. The first-order valence-electron chi connectivity index (χ1n) is 16.2. The van der Waals surface area contributed by atoms with Crippen LogP contribution in [0.4, 0.5) is 46.9 Å². The van der Waals surface area contributed by atoms with Gasteiger partial charge in [-0.2, -0.15) is 26.3 Å². The number of rotatable bonds is 4. The molecule has 14 nitrogen and oxygen atoms in total. The monoisotopic (exact) mass is 832 g/mol. The molecule has 1 aliphatic heterocycles. The molecule has 2 bridgehead atoms. The van der Waals surface area contributed by atoms with E-state index in [-0.39, 0.29) is 28.2 Å². The van der Waals surface area contributed by atoms with Crippen molar-refractivity contribution in [1.82, 2.24) is 19.9 Å². The molecule has 22 heteroatoms. The van der Waals surface area contributed by atoms with Crippen LogP contribution < -0.4 is 16.0 Å². The summed E-state index contributed by atoms with van der Waals surface area (Å²) in [7, 11) is 1.27. The van der Waals surface area contributed by atoms with E-state index in [1.807, 2.05) is 13.0 Å². The Labute approximate surface area is 323 Å². The largest absolute Gasteiger partial charge is 0.490 e. The van der Waals surface area contributed by atoms with Crippen molar-refractivity contribution in [2.45, 2.75) is 51.5 Å². The standard InChI is InChI=1S/C31H30ClFN6O4.2C2HF3O2/c1-17-6-4-8-23(37-30(41)28-18(2)39(16-35-28)26-9-5-7-22(32)27(26)33)25-14-19(12-13-34-25)21-11-10-20(36-31(42)43-3)15-24(21)38-29(17)40;2*3-2(4,5)1(6)7/h5,7,9-17,23H,4,6,8H2,1-3H3,(H,36,42)(H,37,41)(H,38,40);2*(H,6,7)/t17-,23+;;/m1../s1. The summed E-state index contributed by atoms with van der Waals surface area (Å²) in [6, 6.07) is 13.0. The Hall–Kier alpha value is -6.25. The number of aromatic nitrogens is 3. The van der Waals surface area contributed by atoms with Gasteiger partial charge in [0.15, 0.2) is 5.82 Å². The molecule has 0 fully saturated rings. The SMILES string of the molecule is COC(=O)Nc1ccc2c(c1)NC(=O)[C@H](C)CCC[C@H](NC(=O)c1ncn(-c3cccc(Cl)c3F)c1C)c1cc-2ccn1.O=C(O)C(F)(F)F.O=C(O)C(F)(F)F. The number of methoxy groups -OCH3 is 1. The van der Waals surface area contributed by atoms with Gasteiger partial charge >= 0.3 is 30.4 Å². The number of halogens is 8. The van der Waals surface area contributed by atoms with Crippen LogP contribution in [0.3, 0.4) is 0 Å². The van der Waals surface area contributed by atoms with Crippen molar-refractivity contribution >= 4 is 52.8 Å². The number of imidazole rings is 1. The third kappa shape index (κ3) is 12.4. The Morgan fingerprint density at radius 1 is 0.965 bits per heavy atom. The summed E-state index contributed by atoms with van der Waals surface area (Å²) >= 11 is 5.96. The first-order chi connectivity index (χ1) is 26.5. The van der Waals surface area contributed by atoms with Crippen molar-refractivity contribution in [2.75, 3.05) is 17.7 Å². The number of anilines is 2. The summed E-state index contributed by atoms with van der Waals surface area (Å²) in [4.78, 5) is 65.0. The molecule has 4 aromatic rings. The average Bonchev–Trinajstić information content (AvgIpc) is 3.52. The Bertz CT molecular complexity index is 2100.